The summed E-state index contributed by atoms with van der Waals surface area (Å²) >= 11 is 0. The van der Waals surface area contributed by atoms with Crippen molar-refractivity contribution in [2.75, 3.05) is 24.9 Å². The van der Waals surface area contributed by atoms with Crippen molar-refractivity contribution >= 4 is 17.3 Å². The SMILES string of the molecule is COc1ccc(NC(=O)/C(C#N)=C\Nc2c(C)cccc2C)cc1OC. The molecule has 1 amide bonds. The Kier molecular flexibility index (Phi) is 6.23. The first-order chi connectivity index (χ1) is 12.5. The van der Waals surface area contributed by atoms with Gasteiger partial charge in [-0.05, 0) is 37.1 Å². The second kappa shape index (κ2) is 8.58. The van der Waals surface area contributed by atoms with Crippen LogP contribution in [-0.4, -0.2) is 20.1 Å². The number of nitrogens with zero attached hydrogens (tertiary/aromatic N) is 1. The molecule has 2 aromatic carbocycles. The molecular weight excluding hydrogens is 330 g/mol. The second-order valence-corrected chi connectivity index (χ2v) is 5.60. The van der Waals surface area contributed by atoms with Gasteiger partial charge in [0.2, 0.25) is 0 Å². The Balaban J connectivity index is 2.17. The van der Waals surface area contributed by atoms with E-state index in [9.17, 15) is 10.1 Å². The summed E-state index contributed by atoms with van der Waals surface area (Å²) in [4.78, 5) is 12.4. The lowest BCUT2D eigenvalue weighted by molar-refractivity contribution is -0.112. The van der Waals surface area contributed by atoms with E-state index < -0.39 is 5.91 Å². The first kappa shape index (κ1) is 18.9. The highest BCUT2D eigenvalue weighted by Gasteiger charge is 2.12. The van der Waals surface area contributed by atoms with Crippen molar-refractivity contribution in [1.29, 1.82) is 5.26 Å². The van der Waals surface area contributed by atoms with Crippen molar-refractivity contribution in [3.05, 3.63) is 59.3 Å². The fourth-order valence-electron chi connectivity index (χ4n) is 2.45. The number of carbonyl (C=O) groups excluding carboxylic acids is 1. The molecule has 0 fully saturated rings. The molecule has 0 saturated heterocycles. The zero-order valence-electron chi connectivity index (χ0n) is 15.2. The van der Waals surface area contributed by atoms with E-state index in [0.29, 0.717) is 17.2 Å². The molecule has 0 radical (unpaired) electrons. The number of ether oxygens (including phenoxy) is 2. The summed E-state index contributed by atoms with van der Waals surface area (Å²) in [6, 6.07) is 12.8. The molecule has 134 valence electrons. The van der Waals surface area contributed by atoms with Gasteiger partial charge in [-0.3, -0.25) is 4.79 Å². The Morgan fingerprint density at radius 3 is 2.31 bits per heavy atom. The number of carbonyl (C=O) groups is 1. The molecule has 0 unspecified atom stereocenters. The molecule has 26 heavy (non-hydrogen) atoms. The molecule has 0 saturated carbocycles. The predicted molar refractivity (Wildman–Crippen MR) is 101 cm³/mol. The fourth-order valence-corrected chi connectivity index (χ4v) is 2.45. The molecular formula is C20H21N3O3. The zero-order valence-corrected chi connectivity index (χ0v) is 15.2. The number of anilines is 2. The van der Waals surface area contributed by atoms with Gasteiger partial charge in [-0.15, -0.1) is 0 Å². The van der Waals surface area contributed by atoms with E-state index in [1.54, 1.807) is 18.2 Å². The zero-order chi connectivity index (χ0) is 19.1. The van der Waals surface area contributed by atoms with Crippen LogP contribution in [0.25, 0.3) is 0 Å². The van der Waals surface area contributed by atoms with Crippen LogP contribution in [0.15, 0.2) is 48.2 Å². The number of benzene rings is 2. The second-order valence-electron chi connectivity index (χ2n) is 5.60. The highest BCUT2D eigenvalue weighted by atomic mass is 16.5. The van der Waals surface area contributed by atoms with Crippen molar-refractivity contribution in [2.45, 2.75) is 13.8 Å². The van der Waals surface area contributed by atoms with E-state index in [2.05, 4.69) is 10.6 Å². The predicted octanol–water partition coefficient (Wildman–Crippen LogP) is 3.78. The molecule has 2 aromatic rings. The van der Waals surface area contributed by atoms with Crippen LogP contribution in [-0.2, 0) is 4.79 Å². The number of rotatable bonds is 6. The van der Waals surface area contributed by atoms with Crippen LogP contribution < -0.4 is 20.1 Å². The number of hydrogen-bond acceptors (Lipinski definition) is 5. The Bertz CT molecular complexity index is 862. The van der Waals surface area contributed by atoms with E-state index in [1.165, 1.54) is 20.4 Å². The number of amides is 1. The summed E-state index contributed by atoms with van der Waals surface area (Å²) in [5.74, 6) is 0.526. The van der Waals surface area contributed by atoms with Gasteiger partial charge in [-0.2, -0.15) is 5.26 Å². The molecule has 2 rings (SSSR count). The van der Waals surface area contributed by atoms with Gasteiger partial charge in [-0.25, -0.2) is 0 Å². The highest BCUT2D eigenvalue weighted by Crippen LogP contribution is 2.29. The first-order valence-electron chi connectivity index (χ1n) is 7.96. The van der Waals surface area contributed by atoms with E-state index >= 15 is 0 Å². The highest BCUT2D eigenvalue weighted by molar-refractivity contribution is 6.06. The number of methoxy groups -OCH3 is 2. The molecule has 0 atom stereocenters. The molecule has 6 heteroatoms. The van der Waals surface area contributed by atoms with Crippen LogP contribution in [0.3, 0.4) is 0 Å². The monoisotopic (exact) mass is 351 g/mol. The van der Waals surface area contributed by atoms with Gasteiger partial charge in [0.05, 0.1) is 14.2 Å². The van der Waals surface area contributed by atoms with Crippen molar-refractivity contribution < 1.29 is 14.3 Å². The normalized spacial score (nSPS) is 10.7. The number of hydrogen-bond donors (Lipinski definition) is 2. The van der Waals surface area contributed by atoms with Gasteiger partial charge in [0, 0.05) is 23.6 Å². The summed E-state index contributed by atoms with van der Waals surface area (Å²) in [5, 5.41) is 15.0. The third-order valence-corrected chi connectivity index (χ3v) is 3.85. The Morgan fingerprint density at radius 1 is 1.08 bits per heavy atom. The number of aryl methyl sites for hydroxylation is 2. The van der Waals surface area contributed by atoms with Crippen molar-refractivity contribution in [3.63, 3.8) is 0 Å². The lowest BCUT2D eigenvalue weighted by Gasteiger charge is -2.11. The van der Waals surface area contributed by atoms with Crippen LogP contribution in [0.5, 0.6) is 11.5 Å². The third-order valence-electron chi connectivity index (χ3n) is 3.85. The molecule has 6 nitrogen and oxygen atoms in total. The van der Waals surface area contributed by atoms with E-state index in [4.69, 9.17) is 9.47 Å². The molecule has 0 aliphatic heterocycles. The topological polar surface area (TPSA) is 83.4 Å². The standard InChI is InChI=1S/C20H21N3O3/c1-13-6-5-7-14(2)19(13)22-12-15(11-21)20(24)23-16-8-9-17(25-3)18(10-16)26-4/h5-10,12,22H,1-4H3,(H,23,24)/b15-12-. The van der Waals surface area contributed by atoms with Crippen LogP contribution in [0.2, 0.25) is 0 Å². The minimum absolute atomic E-state index is 0.0394. The first-order valence-corrected chi connectivity index (χ1v) is 7.96. The van der Waals surface area contributed by atoms with Gasteiger partial charge in [0.1, 0.15) is 11.6 Å². The average molecular weight is 351 g/mol. The van der Waals surface area contributed by atoms with Gasteiger partial charge >= 0.3 is 0 Å². The van der Waals surface area contributed by atoms with Gasteiger partial charge in [-0.1, -0.05) is 18.2 Å². The van der Waals surface area contributed by atoms with Crippen LogP contribution in [0.4, 0.5) is 11.4 Å². The summed E-state index contributed by atoms with van der Waals surface area (Å²) in [5.41, 5.74) is 3.39. The van der Waals surface area contributed by atoms with Crippen LogP contribution in [0.1, 0.15) is 11.1 Å². The Hall–Kier alpha value is -3.46. The smallest absolute Gasteiger partial charge is 0.267 e. The third kappa shape index (κ3) is 4.33. The fraction of sp³-hybridized carbons (Fsp3) is 0.200. The summed E-state index contributed by atoms with van der Waals surface area (Å²) < 4.78 is 10.4. The van der Waals surface area contributed by atoms with Gasteiger partial charge in [0.25, 0.3) is 5.91 Å². The molecule has 0 aliphatic rings. The number of para-hydroxylation sites is 1. The van der Waals surface area contributed by atoms with Gasteiger partial charge in [0.15, 0.2) is 11.5 Å². The van der Waals surface area contributed by atoms with Crippen molar-refractivity contribution in [3.8, 4) is 17.6 Å². The summed E-state index contributed by atoms with van der Waals surface area (Å²) in [7, 11) is 3.05. The minimum atomic E-state index is -0.515. The maximum absolute atomic E-state index is 12.4. The maximum Gasteiger partial charge on any atom is 0.267 e. The van der Waals surface area contributed by atoms with Gasteiger partial charge < -0.3 is 20.1 Å². The minimum Gasteiger partial charge on any atom is -0.493 e. The lowest BCUT2D eigenvalue weighted by Crippen LogP contribution is -2.14. The van der Waals surface area contributed by atoms with E-state index in [-0.39, 0.29) is 5.57 Å². The Morgan fingerprint density at radius 2 is 1.73 bits per heavy atom. The van der Waals surface area contributed by atoms with Crippen LogP contribution in [0, 0.1) is 25.2 Å². The largest absolute Gasteiger partial charge is 0.493 e. The molecule has 0 aliphatic carbocycles. The molecule has 2 N–H and O–H groups in total. The van der Waals surface area contributed by atoms with Crippen LogP contribution >= 0.6 is 0 Å². The summed E-state index contributed by atoms with van der Waals surface area (Å²) in [6.45, 7) is 3.91. The molecule has 0 bridgehead atoms. The van der Waals surface area contributed by atoms with Crippen molar-refractivity contribution in [1.82, 2.24) is 0 Å². The quantitative estimate of drug-likeness (QED) is 0.611. The maximum atomic E-state index is 12.4. The molecule has 0 heterocycles. The van der Waals surface area contributed by atoms with E-state index in [0.717, 1.165) is 16.8 Å². The summed E-state index contributed by atoms with van der Waals surface area (Å²) in [6.07, 6.45) is 1.41. The number of nitrogens with one attached hydrogen (secondary N) is 2. The lowest BCUT2D eigenvalue weighted by atomic mass is 10.1. The van der Waals surface area contributed by atoms with E-state index in [1.807, 2.05) is 38.1 Å². The molecule has 0 spiro atoms. The Labute approximate surface area is 153 Å². The van der Waals surface area contributed by atoms with Crippen molar-refractivity contribution in [2.24, 2.45) is 0 Å². The number of nitriles is 1. The molecule has 0 aromatic heterocycles. The average Bonchev–Trinajstić information content (AvgIpc) is 2.64.